The van der Waals surface area contributed by atoms with Gasteiger partial charge in [0.15, 0.2) is 0 Å². The Balaban J connectivity index is 2.13. The van der Waals surface area contributed by atoms with Gasteiger partial charge >= 0.3 is 0 Å². The van der Waals surface area contributed by atoms with E-state index in [9.17, 15) is 15.3 Å². The molecule has 1 aromatic carbocycles. The average molecular weight is 270 g/mol. The van der Waals surface area contributed by atoms with Gasteiger partial charge in [-0.05, 0) is 18.6 Å². The topological polar surface area (TPSA) is 99.4 Å². The second-order valence-electron chi connectivity index (χ2n) is 4.58. The summed E-state index contributed by atoms with van der Waals surface area (Å²) >= 11 is 0. The van der Waals surface area contributed by atoms with E-state index in [1.807, 2.05) is 19.1 Å². The third kappa shape index (κ3) is 2.88. The van der Waals surface area contributed by atoms with Crippen molar-refractivity contribution in [1.29, 1.82) is 0 Å². The first kappa shape index (κ1) is 14.2. The van der Waals surface area contributed by atoms with Crippen molar-refractivity contribution in [3.63, 3.8) is 0 Å². The molecule has 0 amide bonds. The van der Waals surface area contributed by atoms with Crippen molar-refractivity contribution in [2.45, 2.75) is 37.6 Å². The second-order valence-corrected chi connectivity index (χ2v) is 4.58. The maximum atomic E-state index is 9.83. The van der Waals surface area contributed by atoms with Crippen LogP contribution in [0.3, 0.4) is 0 Å². The van der Waals surface area contributed by atoms with Crippen LogP contribution in [0, 0.1) is 6.92 Å². The molecule has 1 aliphatic rings. The number of aryl methyl sites for hydroxylation is 1. The van der Waals surface area contributed by atoms with Crippen molar-refractivity contribution in [2.75, 3.05) is 6.61 Å². The van der Waals surface area contributed by atoms with Crippen LogP contribution >= 0.6 is 0 Å². The monoisotopic (exact) mass is 270 g/mol. The predicted octanol–water partition coefficient (Wildman–Crippen LogP) is -0.826. The number of rotatable bonds is 3. The van der Waals surface area contributed by atoms with Gasteiger partial charge < -0.3 is 29.9 Å². The number of hydrogen-bond donors (Lipinski definition) is 4. The van der Waals surface area contributed by atoms with Crippen molar-refractivity contribution in [2.24, 2.45) is 0 Å². The number of hydrogen-bond acceptors (Lipinski definition) is 6. The van der Waals surface area contributed by atoms with Gasteiger partial charge in [-0.3, -0.25) is 0 Å². The Kier molecular flexibility index (Phi) is 4.38. The highest BCUT2D eigenvalue weighted by Crippen LogP contribution is 2.25. The molecule has 1 aromatic rings. The molecule has 0 radical (unpaired) electrons. The van der Waals surface area contributed by atoms with Crippen LogP contribution in [0.5, 0.6) is 5.75 Å². The Hall–Kier alpha value is -1.18. The van der Waals surface area contributed by atoms with Crippen LogP contribution in [0.25, 0.3) is 0 Å². The Bertz CT molecular complexity index is 421. The summed E-state index contributed by atoms with van der Waals surface area (Å²) in [5.41, 5.74) is 0.847. The lowest BCUT2D eigenvalue weighted by molar-refractivity contribution is -0.277. The zero-order valence-corrected chi connectivity index (χ0v) is 10.5. The summed E-state index contributed by atoms with van der Waals surface area (Å²) in [7, 11) is 0. The fourth-order valence-corrected chi connectivity index (χ4v) is 1.98. The summed E-state index contributed by atoms with van der Waals surface area (Å²) in [6.07, 6.45) is -6.31. The van der Waals surface area contributed by atoms with Gasteiger partial charge in [-0.2, -0.15) is 0 Å². The third-order valence-corrected chi connectivity index (χ3v) is 3.19. The summed E-state index contributed by atoms with van der Waals surface area (Å²) in [5, 5.41) is 38.2. The van der Waals surface area contributed by atoms with Gasteiger partial charge in [0.05, 0.1) is 6.61 Å². The van der Waals surface area contributed by atoms with E-state index in [0.29, 0.717) is 5.75 Å². The maximum absolute atomic E-state index is 9.83. The molecule has 106 valence electrons. The van der Waals surface area contributed by atoms with Gasteiger partial charge in [-0.1, -0.05) is 18.2 Å². The molecule has 0 unspecified atom stereocenters. The van der Waals surface area contributed by atoms with E-state index in [4.69, 9.17) is 14.6 Å². The molecule has 0 saturated carbocycles. The van der Waals surface area contributed by atoms with E-state index in [0.717, 1.165) is 5.56 Å². The van der Waals surface area contributed by atoms with Crippen LogP contribution < -0.4 is 4.74 Å². The fourth-order valence-electron chi connectivity index (χ4n) is 1.98. The molecule has 6 nitrogen and oxygen atoms in total. The summed E-state index contributed by atoms with van der Waals surface area (Å²) in [6.45, 7) is 1.36. The van der Waals surface area contributed by atoms with Gasteiger partial charge in [0.1, 0.15) is 30.2 Å². The second kappa shape index (κ2) is 5.85. The van der Waals surface area contributed by atoms with Crippen molar-refractivity contribution in [1.82, 2.24) is 0 Å². The van der Waals surface area contributed by atoms with E-state index in [1.54, 1.807) is 12.1 Å². The zero-order valence-electron chi connectivity index (χ0n) is 10.5. The Morgan fingerprint density at radius 3 is 2.42 bits per heavy atom. The Morgan fingerprint density at radius 2 is 1.79 bits per heavy atom. The predicted molar refractivity (Wildman–Crippen MR) is 65.6 cm³/mol. The van der Waals surface area contributed by atoms with Gasteiger partial charge in [0.25, 0.3) is 0 Å². The number of aliphatic hydroxyl groups excluding tert-OH is 4. The number of aliphatic hydroxyl groups is 4. The molecule has 19 heavy (non-hydrogen) atoms. The van der Waals surface area contributed by atoms with Crippen LogP contribution in [0.4, 0.5) is 0 Å². The minimum absolute atomic E-state index is 0.474. The molecule has 5 atom stereocenters. The minimum atomic E-state index is -1.43. The molecular weight excluding hydrogens is 252 g/mol. The Morgan fingerprint density at radius 1 is 1.11 bits per heavy atom. The highest BCUT2D eigenvalue weighted by molar-refractivity contribution is 5.31. The van der Waals surface area contributed by atoms with Crippen molar-refractivity contribution >= 4 is 0 Å². The molecule has 1 fully saturated rings. The van der Waals surface area contributed by atoms with Gasteiger partial charge in [0, 0.05) is 0 Å². The van der Waals surface area contributed by atoms with Gasteiger partial charge in [-0.25, -0.2) is 0 Å². The van der Waals surface area contributed by atoms with E-state index in [-0.39, 0.29) is 0 Å². The fraction of sp³-hybridized carbons (Fsp3) is 0.538. The lowest BCUT2D eigenvalue weighted by Crippen LogP contribution is -2.60. The molecule has 2 rings (SSSR count). The summed E-state index contributed by atoms with van der Waals surface area (Å²) in [6, 6.07) is 7.15. The molecule has 1 heterocycles. The first-order valence-electron chi connectivity index (χ1n) is 6.07. The quantitative estimate of drug-likeness (QED) is 0.572. The lowest BCUT2D eigenvalue weighted by Gasteiger charge is -2.39. The molecule has 6 heteroatoms. The van der Waals surface area contributed by atoms with Gasteiger partial charge in [0.2, 0.25) is 6.29 Å². The molecule has 0 aromatic heterocycles. The van der Waals surface area contributed by atoms with Crippen LogP contribution in [-0.4, -0.2) is 57.7 Å². The van der Waals surface area contributed by atoms with E-state index < -0.39 is 37.3 Å². The average Bonchev–Trinajstić information content (AvgIpc) is 2.41. The van der Waals surface area contributed by atoms with Crippen molar-refractivity contribution < 1.29 is 29.9 Å². The normalized spacial score (nSPS) is 35.1. The smallest absolute Gasteiger partial charge is 0.229 e. The molecular formula is C13H18O6. The third-order valence-electron chi connectivity index (χ3n) is 3.19. The SMILES string of the molecule is Cc1ccccc1O[C@@H]1O[C@H](CO)[C@@H](O)[C@@H](O)[C@H]1O. The number of para-hydroxylation sites is 1. The van der Waals surface area contributed by atoms with E-state index >= 15 is 0 Å². The van der Waals surface area contributed by atoms with E-state index in [1.165, 1.54) is 0 Å². The van der Waals surface area contributed by atoms with Gasteiger partial charge in [-0.15, -0.1) is 0 Å². The standard InChI is InChI=1S/C13H18O6/c1-7-4-2-3-5-8(7)18-13-12(17)11(16)10(15)9(6-14)19-13/h2-5,9-17H,6H2,1H3/t9-,10-,11-,12-,13-/m1/s1. The maximum Gasteiger partial charge on any atom is 0.229 e. The van der Waals surface area contributed by atoms with Crippen molar-refractivity contribution in [3.8, 4) is 5.75 Å². The van der Waals surface area contributed by atoms with Crippen LogP contribution in [0.2, 0.25) is 0 Å². The van der Waals surface area contributed by atoms with E-state index in [2.05, 4.69) is 0 Å². The Labute approximate surface area is 110 Å². The molecule has 0 spiro atoms. The highest BCUT2D eigenvalue weighted by Gasteiger charge is 2.44. The van der Waals surface area contributed by atoms with Crippen molar-refractivity contribution in [3.05, 3.63) is 29.8 Å². The van der Waals surface area contributed by atoms with Crippen LogP contribution in [0.15, 0.2) is 24.3 Å². The molecule has 0 aliphatic carbocycles. The summed E-state index contributed by atoms with van der Waals surface area (Å²) < 4.78 is 10.8. The molecule has 1 aliphatic heterocycles. The number of ether oxygens (including phenoxy) is 2. The zero-order chi connectivity index (χ0) is 14.0. The minimum Gasteiger partial charge on any atom is -0.462 e. The first-order valence-corrected chi connectivity index (χ1v) is 6.07. The largest absolute Gasteiger partial charge is 0.462 e. The van der Waals surface area contributed by atoms with Crippen LogP contribution in [-0.2, 0) is 4.74 Å². The van der Waals surface area contributed by atoms with Crippen LogP contribution in [0.1, 0.15) is 5.56 Å². The molecule has 1 saturated heterocycles. The first-order chi connectivity index (χ1) is 9.04. The summed E-state index contributed by atoms with van der Waals surface area (Å²) in [5.74, 6) is 0.506. The lowest BCUT2D eigenvalue weighted by atomic mass is 9.99. The summed E-state index contributed by atoms with van der Waals surface area (Å²) in [4.78, 5) is 0. The highest BCUT2D eigenvalue weighted by atomic mass is 16.7. The molecule has 0 bridgehead atoms. The number of benzene rings is 1. The molecule has 4 N–H and O–H groups in total.